The number of amides is 1. The summed E-state index contributed by atoms with van der Waals surface area (Å²) < 4.78 is 9.96. The summed E-state index contributed by atoms with van der Waals surface area (Å²) in [4.78, 5) is 26.6. The molecular weight excluding hydrogens is 368 g/mol. The number of benzene rings is 2. The SMILES string of the molecule is COC(=O)c1ccc(C(=O)NCC(c2ccc(OC)cc2)N2CCCCC2)cc1. The molecule has 1 atom stereocenters. The zero-order valence-electron chi connectivity index (χ0n) is 17.0. The molecule has 29 heavy (non-hydrogen) atoms. The minimum Gasteiger partial charge on any atom is -0.497 e. The Morgan fingerprint density at radius 2 is 1.55 bits per heavy atom. The molecule has 3 rings (SSSR count). The predicted octanol–water partition coefficient (Wildman–Crippen LogP) is 3.44. The average Bonchev–Trinajstić information content (AvgIpc) is 2.79. The first-order valence-electron chi connectivity index (χ1n) is 9.97. The summed E-state index contributed by atoms with van der Waals surface area (Å²) in [6.45, 7) is 2.57. The lowest BCUT2D eigenvalue weighted by molar-refractivity contribution is 0.0600. The van der Waals surface area contributed by atoms with Crippen LogP contribution in [0.2, 0.25) is 0 Å². The van der Waals surface area contributed by atoms with Crippen LogP contribution < -0.4 is 10.1 Å². The van der Waals surface area contributed by atoms with Crippen molar-refractivity contribution in [3.05, 3.63) is 65.2 Å². The van der Waals surface area contributed by atoms with Crippen molar-refractivity contribution in [2.24, 2.45) is 0 Å². The standard InChI is InChI=1S/C23H28N2O4/c1-28-20-12-10-17(11-13-20)21(25-14-4-3-5-15-25)16-24-22(26)18-6-8-19(9-7-18)23(27)29-2/h6-13,21H,3-5,14-16H2,1-2H3,(H,24,26). The van der Waals surface area contributed by atoms with Crippen LogP contribution in [-0.2, 0) is 4.74 Å². The topological polar surface area (TPSA) is 67.9 Å². The maximum absolute atomic E-state index is 12.6. The summed E-state index contributed by atoms with van der Waals surface area (Å²) in [5.74, 6) is 0.249. The molecule has 0 bridgehead atoms. The van der Waals surface area contributed by atoms with E-state index in [0.717, 1.165) is 24.4 Å². The Morgan fingerprint density at radius 1 is 0.931 bits per heavy atom. The number of esters is 1. The number of likely N-dealkylation sites (tertiary alicyclic amines) is 1. The van der Waals surface area contributed by atoms with Crippen LogP contribution in [0.25, 0.3) is 0 Å². The molecule has 0 aromatic heterocycles. The number of methoxy groups -OCH3 is 2. The first-order chi connectivity index (χ1) is 14.1. The fraction of sp³-hybridized carbons (Fsp3) is 0.391. The number of carbonyl (C=O) groups excluding carboxylic acids is 2. The van der Waals surface area contributed by atoms with Gasteiger partial charge in [0.15, 0.2) is 0 Å². The quantitative estimate of drug-likeness (QED) is 0.726. The second-order valence-electron chi connectivity index (χ2n) is 7.16. The Labute approximate surface area is 171 Å². The van der Waals surface area contributed by atoms with E-state index >= 15 is 0 Å². The van der Waals surface area contributed by atoms with Gasteiger partial charge < -0.3 is 14.8 Å². The highest BCUT2D eigenvalue weighted by atomic mass is 16.5. The molecule has 1 heterocycles. The lowest BCUT2D eigenvalue weighted by atomic mass is 10.0. The molecule has 0 spiro atoms. The number of ether oxygens (including phenoxy) is 2. The number of nitrogens with one attached hydrogen (secondary N) is 1. The van der Waals surface area contributed by atoms with Crippen molar-refractivity contribution >= 4 is 11.9 Å². The van der Waals surface area contributed by atoms with E-state index in [-0.39, 0.29) is 11.9 Å². The fourth-order valence-electron chi connectivity index (χ4n) is 3.68. The molecule has 0 aliphatic carbocycles. The van der Waals surface area contributed by atoms with E-state index in [1.807, 2.05) is 12.1 Å². The summed E-state index contributed by atoms with van der Waals surface area (Å²) in [5.41, 5.74) is 2.10. The third-order valence-electron chi connectivity index (χ3n) is 5.36. The van der Waals surface area contributed by atoms with E-state index in [1.165, 1.54) is 26.4 Å². The highest BCUT2D eigenvalue weighted by Crippen LogP contribution is 2.26. The Balaban J connectivity index is 1.70. The van der Waals surface area contributed by atoms with Gasteiger partial charge in [-0.3, -0.25) is 9.69 Å². The van der Waals surface area contributed by atoms with Gasteiger partial charge in [0.05, 0.1) is 25.8 Å². The highest BCUT2D eigenvalue weighted by molar-refractivity contribution is 5.96. The maximum atomic E-state index is 12.6. The third kappa shape index (κ3) is 5.35. The van der Waals surface area contributed by atoms with Gasteiger partial charge in [-0.15, -0.1) is 0 Å². The van der Waals surface area contributed by atoms with E-state index in [0.29, 0.717) is 17.7 Å². The maximum Gasteiger partial charge on any atom is 0.337 e. The summed E-state index contributed by atoms with van der Waals surface area (Å²) >= 11 is 0. The molecule has 2 aromatic carbocycles. The van der Waals surface area contributed by atoms with E-state index in [1.54, 1.807) is 31.4 Å². The number of piperidine rings is 1. The van der Waals surface area contributed by atoms with Crippen molar-refractivity contribution in [3.8, 4) is 5.75 Å². The van der Waals surface area contributed by atoms with Crippen molar-refractivity contribution in [2.75, 3.05) is 33.9 Å². The van der Waals surface area contributed by atoms with E-state index < -0.39 is 5.97 Å². The van der Waals surface area contributed by atoms with Gasteiger partial charge in [0.25, 0.3) is 5.91 Å². The van der Waals surface area contributed by atoms with Gasteiger partial charge in [-0.25, -0.2) is 4.79 Å². The minimum absolute atomic E-state index is 0.111. The number of hydrogen-bond acceptors (Lipinski definition) is 5. The Kier molecular flexibility index (Phi) is 7.25. The van der Waals surface area contributed by atoms with Gasteiger partial charge >= 0.3 is 5.97 Å². The fourth-order valence-corrected chi connectivity index (χ4v) is 3.68. The zero-order chi connectivity index (χ0) is 20.6. The number of carbonyl (C=O) groups is 2. The predicted molar refractivity (Wildman–Crippen MR) is 111 cm³/mol. The molecule has 2 aromatic rings. The van der Waals surface area contributed by atoms with Crippen LogP contribution in [-0.4, -0.2) is 50.6 Å². The van der Waals surface area contributed by atoms with Crippen LogP contribution in [0.5, 0.6) is 5.75 Å². The first kappa shape index (κ1) is 20.9. The van der Waals surface area contributed by atoms with Gasteiger partial charge in [0.1, 0.15) is 5.75 Å². The molecule has 1 saturated heterocycles. The van der Waals surface area contributed by atoms with Gasteiger partial charge in [-0.1, -0.05) is 18.6 Å². The number of rotatable bonds is 7. The van der Waals surface area contributed by atoms with Crippen molar-refractivity contribution in [2.45, 2.75) is 25.3 Å². The number of hydrogen-bond donors (Lipinski definition) is 1. The number of nitrogens with zero attached hydrogens (tertiary/aromatic N) is 1. The Hall–Kier alpha value is -2.86. The molecule has 154 valence electrons. The van der Waals surface area contributed by atoms with Crippen LogP contribution in [0.3, 0.4) is 0 Å². The summed E-state index contributed by atoms with van der Waals surface area (Å²) in [6.07, 6.45) is 3.61. The first-order valence-corrected chi connectivity index (χ1v) is 9.97. The van der Waals surface area contributed by atoms with Crippen molar-refractivity contribution < 1.29 is 19.1 Å². The molecule has 1 amide bonds. The van der Waals surface area contributed by atoms with Crippen LogP contribution in [0.1, 0.15) is 51.6 Å². The lowest BCUT2D eigenvalue weighted by Gasteiger charge is -2.35. The second-order valence-corrected chi connectivity index (χ2v) is 7.16. The van der Waals surface area contributed by atoms with Crippen molar-refractivity contribution in [1.29, 1.82) is 0 Å². The van der Waals surface area contributed by atoms with E-state index in [4.69, 9.17) is 9.47 Å². The smallest absolute Gasteiger partial charge is 0.337 e. The monoisotopic (exact) mass is 396 g/mol. The zero-order valence-corrected chi connectivity index (χ0v) is 17.0. The van der Waals surface area contributed by atoms with Crippen LogP contribution in [0.15, 0.2) is 48.5 Å². The van der Waals surface area contributed by atoms with Gasteiger partial charge in [0, 0.05) is 12.1 Å². The molecule has 6 nitrogen and oxygen atoms in total. The van der Waals surface area contributed by atoms with Gasteiger partial charge in [-0.2, -0.15) is 0 Å². The average molecular weight is 396 g/mol. The molecule has 1 aliphatic rings. The summed E-state index contributed by atoms with van der Waals surface area (Å²) in [7, 11) is 2.99. The van der Waals surface area contributed by atoms with Gasteiger partial charge in [-0.05, 0) is 67.9 Å². The molecule has 1 fully saturated rings. The van der Waals surface area contributed by atoms with E-state index in [2.05, 4.69) is 22.3 Å². The molecule has 0 saturated carbocycles. The lowest BCUT2D eigenvalue weighted by Crippen LogP contribution is -2.40. The molecule has 0 radical (unpaired) electrons. The van der Waals surface area contributed by atoms with Crippen LogP contribution >= 0.6 is 0 Å². The Morgan fingerprint density at radius 3 is 2.14 bits per heavy atom. The summed E-state index contributed by atoms with van der Waals surface area (Å²) in [6, 6.07) is 14.7. The Bertz CT molecular complexity index is 812. The molecule has 1 N–H and O–H groups in total. The second kappa shape index (κ2) is 10.1. The van der Waals surface area contributed by atoms with Crippen LogP contribution in [0, 0.1) is 0 Å². The van der Waals surface area contributed by atoms with Crippen molar-refractivity contribution in [1.82, 2.24) is 10.2 Å². The van der Waals surface area contributed by atoms with Gasteiger partial charge in [0.2, 0.25) is 0 Å². The van der Waals surface area contributed by atoms with Crippen LogP contribution in [0.4, 0.5) is 0 Å². The highest BCUT2D eigenvalue weighted by Gasteiger charge is 2.23. The molecule has 6 heteroatoms. The third-order valence-corrected chi connectivity index (χ3v) is 5.36. The van der Waals surface area contributed by atoms with E-state index in [9.17, 15) is 9.59 Å². The summed E-state index contributed by atoms with van der Waals surface area (Å²) in [5, 5.41) is 3.06. The molecule has 1 unspecified atom stereocenters. The largest absolute Gasteiger partial charge is 0.497 e. The minimum atomic E-state index is -0.415. The molecule has 1 aliphatic heterocycles. The van der Waals surface area contributed by atoms with Crippen molar-refractivity contribution in [3.63, 3.8) is 0 Å². The molecular formula is C23H28N2O4. The normalized spacial score (nSPS) is 15.4.